The van der Waals surface area contributed by atoms with Gasteiger partial charge in [-0.1, -0.05) is 103 Å². The van der Waals surface area contributed by atoms with Crippen LogP contribution in [0.1, 0.15) is 129 Å². The van der Waals surface area contributed by atoms with Crippen molar-refractivity contribution in [2.45, 2.75) is 129 Å². The highest BCUT2D eigenvalue weighted by Crippen LogP contribution is 2.13. The summed E-state index contributed by atoms with van der Waals surface area (Å²) in [7, 11) is 4.04. The third-order valence-electron chi connectivity index (χ3n) is 6.04. The van der Waals surface area contributed by atoms with Crippen molar-refractivity contribution in [1.29, 1.82) is 0 Å². The van der Waals surface area contributed by atoms with Crippen LogP contribution < -0.4 is 10.6 Å². The molecule has 0 aromatic heterocycles. The average molecular weight is 454 g/mol. The molecule has 5 heteroatoms. The lowest BCUT2D eigenvalue weighted by molar-refractivity contribution is -0.126. The summed E-state index contributed by atoms with van der Waals surface area (Å²) >= 11 is 0. The molecule has 0 radical (unpaired) electrons. The molecule has 0 aliphatic rings. The van der Waals surface area contributed by atoms with Crippen molar-refractivity contribution in [3.8, 4) is 0 Å². The number of amides is 2. The Labute approximate surface area is 199 Å². The smallest absolute Gasteiger partial charge is 0.220 e. The van der Waals surface area contributed by atoms with E-state index >= 15 is 0 Å². The zero-order valence-corrected chi connectivity index (χ0v) is 21.8. The summed E-state index contributed by atoms with van der Waals surface area (Å²) in [4.78, 5) is 25.6. The van der Waals surface area contributed by atoms with Gasteiger partial charge in [-0.2, -0.15) is 0 Å². The second kappa shape index (κ2) is 24.5. The Morgan fingerprint density at radius 1 is 0.531 bits per heavy atom. The van der Waals surface area contributed by atoms with Gasteiger partial charge in [0, 0.05) is 25.9 Å². The van der Waals surface area contributed by atoms with Crippen LogP contribution in [0.3, 0.4) is 0 Å². The normalized spacial score (nSPS) is 11.1. The van der Waals surface area contributed by atoms with Crippen LogP contribution >= 0.6 is 0 Å². The molecule has 0 fully saturated rings. The lowest BCUT2D eigenvalue weighted by Crippen LogP contribution is -2.29. The Morgan fingerprint density at radius 2 is 0.875 bits per heavy atom. The molecule has 190 valence electrons. The average Bonchev–Trinajstić information content (AvgIpc) is 2.77. The number of hydrogen-bond acceptors (Lipinski definition) is 3. The number of unbranched alkanes of at least 4 members (excludes halogenated alkanes) is 15. The van der Waals surface area contributed by atoms with Crippen molar-refractivity contribution in [3.63, 3.8) is 0 Å². The van der Waals surface area contributed by atoms with Gasteiger partial charge in [0.2, 0.25) is 11.8 Å². The van der Waals surface area contributed by atoms with Crippen LogP contribution in [-0.2, 0) is 9.59 Å². The Morgan fingerprint density at radius 3 is 1.25 bits per heavy atom. The summed E-state index contributed by atoms with van der Waals surface area (Å²) in [5.74, 6) is -0.0317. The molecular formula is C27H55N3O2. The Hall–Kier alpha value is -1.10. The van der Waals surface area contributed by atoms with Crippen molar-refractivity contribution >= 4 is 11.8 Å². The van der Waals surface area contributed by atoms with Crippen molar-refractivity contribution in [3.05, 3.63) is 0 Å². The van der Waals surface area contributed by atoms with Crippen LogP contribution in [0.25, 0.3) is 0 Å². The Bertz CT molecular complexity index is 427. The summed E-state index contributed by atoms with van der Waals surface area (Å²) in [6.45, 7) is 4.65. The quantitative estimate of drug-likeness (QED) is 0.171. The molecule has 0 atom stereocenters. The van der Waals surface area contributed by atoms with Crippen LogP contribution in [-0.4, -0.2) is 50.4 Å². The zero-order chi connectivity index (χ0) is 23.7. The SMILES string of the molecule is CCCCCCCCCCCCCCCCCCNC(=O)CCC(=O)NCCCN(C)C. The predicted octanol–water partition coefficient (Wildman–Crippen LogP) is 6.21. The molecule has 0 bridgehead atoms. The molecule has 0 saturated carbocycles. The molecule has 0 heterocycles. The van der Waals surface area contributed by atoms with E-state index in [0.29, 0.717) is 13.0 Å². The highest BCUT2D eigenvalue weighted by atomic mass is 16.2. The maximum Gasteiger partial charge on any atom is 0.220 e. The molecular weight excluding hydrogens is 398 g/mol. The summed E-state index contributed by atoms with van der Waals surface area (Å²) in [5.41, 5.74) is 0. The fourth-order valence-electron chi connectivity index (χ4n) is 3.93. The molecule has 0 aliphatic heterocycles. The summed E-state index contributed by atoms with van der Waals surface area (Å²) < 4.78 is 0. The Kier molecular flexibility index (Phi) is 23.7. The van der Waals surface area contributed by atoms with E-state index in [1.165, 1.54) is 96.3 Å². The van der Waals surface area contributed by atoms with Gasteiger partial charge in [0.15, 0.2) is 0 Å². The highest BCUT2D eigenvalue weighted by molar-refractivity contribution is 5.83. The van der Waals surface area contributed by atoms with Gasteiger partial charge in [-0.15, -0.1) is 0 Å². The molecule has 0 unspecified atom stereocenters. The zero-order valence-electron chi connectivity index (χ0n) is 21.8. The van der Waals surface area contributed by atoms with E-state index in [9.17, 15) is 9.59 Å². The number of hydrogen-bond donors (Lipinski definition) is 2. The first-order chi connectivity index (χ1) is 15.6. The monoisotopic (exact) mass is 453 g/mol. The van der Waals surface area contributed by atoms with Crippen LogP contribution in [0.15, 0.2) is 0 Å². The van der Waals surface area contributed by atoms with E-state index in [-0.39, 0.29) is 18.2 Å². The van der Waals surface area contributed by atoms with E-state index in [1.807, 2.05) is 14.1 Å². The van der Waals surface area contributed by atoms with Gasteiger partial charge in [-0.25, -0.2) is 0 Å². The lowest BCUT2D eigenvalue weighted by Gasteiger charge is -2.10. The minimum absolute atomic E-state index is 0.00518. The third-order valence-corrected chi connectivity index (χ3v) is 6.04. The first kappa shape index (κ1) is 30.9. The van der Waals surface area contributed by atoms with E-state index in [0.717, 1.165) is 25.9 Å². The molecule has 0 aliphatic carbocycles. The molecule has 5 nitrogen and oxygen atoms in total. The maximum atomic E-state index is 11.8. The number of carbonyl (C=O) groups excluding carboxylic acids is 2. The molecule has 2 amide bonds. The van der Waals surface area contributed by atoms with Gasteiger partial charge < -0.3 is 15.5 Å². The van der Waals surface area contributed by atoms with Gasteiger partial charge in [0.25, 0.3) is 0 Å². The Balaban J connectivity index is 3.25. The topological polar surface area (TPSA) is 61.4 Å². The second-order valence-corrected chi connectivity index (χ2v) is 9.66. The van der Waals surface area contributed by atoms with Gasteiger partial charge >= 0.3 is 0 Å². The molecule has 32 heavy (non-hydrogen) atoms. The minimum Gasteiger partial charge on any atom is -0.356 e. The van der Waals surface area contributed by atoms with E-state index in [2.05, 4.69) is 22.5 Å². The van der Waals surface area contributed by atoms with Crippen molar-refractivity contribution in [2.24, 2.45) is 0 Å². The number of nitrogens with zero attached hydrogens (tertiary/aromatic N) is 1. The minimum atomic E-state index is -0.0266. The summed E-state index contributed by atoms with van der Waals surface area (Å²) in [6.07, 6.45) is 23.2. The molecule has 0 rings (SSSR count). The molecule has 2 N–H and O–H groups in total. The van der Waals surface area contributed by atoms with Crippen LogP contribution in [0, 0.1) is 0 Å². The second-order valence-electron chi connectivity index (χ2n) is 9.66. The highest BCUT2D eigenvalue weighted by Gasteiger charge is 2.06. The fraction of sp³-hybridized carbons (Fsp3) is 0.926. The van der Waals surface area contributed by atoms with Gasteiger partial charge in [-0.3, -0.25) is 9.59 Å². The van der Waals surface area contributed by atoms with Crippen molar-refractivity contribution in [2.75, 3.05) is 33.7 Å². The molecule has 0 saturated heterocycles. The van der Waals surface area contributed by atoms with Gasteiger partial charge in [0.1, 0.15) is 0 Å². The van der Waals surface area contributed by atoms with Gasteiger partial charge in [-0.05, 0) is 33.5 Å². The van der Waals surface area contributed by atoms with E-state index in [4.69, 9.17) is 0 Å². The first-order valence-corrected chi connectivity index (χ1v) is 13.7. The number of rotatable bonds is 24. The first-order valence-electron chi connectivity index (χ1n) is 13.7. The standard InChI is InChI=1S/C27H55N3O2/c1-4-5-6-7-8-9-10-11-12-13-14-15-16-17-18-19-23-28-26(31)21-22-27(32)29-24-20-25-30(2)3/h4-25H2,1-3H3,(H,28,31)(H,29,32). The van der Waals surface area contributed by atoms with Crippen LogP contribution in [0.2, 0.25) is 0 Å². The molecule has 0 spiro atoms. The van der Waals surface area contributed by atoms with E-state index < -0.39 is 0 Å². The fourth-order valence-corrected chi connectivity index (χ4v) is 3.93. The summed E-state index contributed by atoms with van der Waals surface area (Å²) in [5, 5.41) is 5.82. The van der Waals surface area contributed by atoms with Crippen molar-refractivity contribution < 1.29 is 9.59 Å². The molecule has 0 aromatic rings. The number of carbonyl (C=O) groups is 2. The predicted molar refractivity (Wildman–Crippen MR) is 138 cm³/mol. The molecule has 0 aromatic carbocycles. The van der Waals surface area contributed by atoms with Crippen LogP contribution in [0.4, 0.5) is 0 Å². The maximum absolute atomic E-state index is 11.8. The van der Waals surface area contributed by atoms with Crippen LogP contribution in [0.5, 0.6) is 0 Å². The van der Waals surface area contributed by atoms with E-state index in [1.54, 1.807) is 0 Å². The number of nitrogens with one attached hydrogen (secondary N) is 2. The third kappa shape index (κ3) is 25.2. The lowest BCUT2D eigenvalue weighted by atomic mass is 10.0. The van der Waals surface area contributed by atoms with Gasteiger partial charge in [0.05, 0.1) is 0 Å². The largest absolute Gasteiger partial charge is 0.356 e. The van der Waals surface area contributed by atoms with Crippen molar-refractivity contribution in [1.82, 2.24) is 15.5 Å². The summed E-state index contributed by atoms with van der Waals surface area (Å²) in [6, 6.07) is 0.